The lowest BCUT2D eigenvalue weighted by Gasteiger charge is -2.26. The van der Waals surface area contributed by atoms with E-state index in [1.165, 1.54) is 0 Å². The first kappa shape index (κ1) is 16.8. The van der Waals surface area contributed by atoms with Crippen LogP contribution in [0.4, 0.5) is 0 Å². The number of aliphatic carboxylic acids is 1. The van der Waals surface area contributed by atoms with Crippen molar-refractivity contribution >= 4 is 5.97 Å². The van der Waals surface area contributed by atoms with Gasteiger partial charge in [-0.1, -0.05) is 13.0 Å². The third-order valence-corrected chi connectivity index (χ3v) is 4.08. The highest BCUT2D eigenvalue weighted by atomic mass is 16.4. The standard InChI is InChI=1S/C15H24N4O3/c1-2-19(11-6-7-17-8-11)9-10-4-3-5-12(18-10)14(20)13(16)15(21)22/h3-5,11,13-14,17,20H,2,6-9,16H2,1H3,(H,21,22). The van der Waals surface area contributed by atoms with Crippen molar-refractivity contribution in [2.24, 2.45) is 5.73 Å². The average molecular weight is 308 g/mol. The summed E-state index contributed by atoms with van der Waals surface area (Å²) in [5.41, 5.74) is 6.57. The minimum absolute atomic E-state index is 0.299. The molecule has 7 heteroatoms. The van der Waals surface area contributed by atoms with Crippen LogP contribution in [0.2, 0.25) is 0 Å². The van der Waals surface area contributed by atoms with Crippen molar-refractivity contribution in [3.63, 3.8) is 0 Å². The van der Waals surface area contributed by atoms with Crippen molar-refractivity contribution in [2.75, 3.05) is 19.6 Å². The van der Waals surface area contributed by atoms with Gasteiger partial charge in [0.25, 0.3) is 0 Å². The van der Waals surface area contributed by atoms with Crippen molar-refractivity contribution in [2.45, 2.75) is 38.1 Å². The van der Waals surface area contributed by atoms with Gasteiger partial charge in [-0.2, -0.15) is 0 Å². The molecule has 0 bridgehead atoms. The van der Waals surface area contributed by atoms with E-state index in [2.05, 4.69) is 22.1 Å². The first-order chi connectivity index (χ1) is 10.5. The van der Waals surface area contributed by atoms with Gasteiger partial charge in [-0.25, -0.2) is 0 Å². The minimum Gasteiger partial charge on any atom is -0.480 e. The van der Waals surface area contributed by atoms with Crippen molar-refractivity contribution in [3.8, 4) is 0 Å². The highest BCUT2D eigenvalue weighted by molar-refractivity contribution is 5.74. The summed E-state index contributed by atoms with van der Waals surface area (Å²) >= 11 is 0. The Morgan fingerprint density at radius 1 is 1.59 bits per heavy atom. The number of aliphatic hydroxyl groups is 1. The Balaban J connectivity index is 2.08. The van der Waals surface area contributed by atoms with E-state index < -0.39 is 18.1 Å². The summed E-state index contributed by atoms with van der Waals surface area (Å²) in [6, 6.07) is 4.37. The molecule has 0 aliphatic carbocycles. The number of nitrogens with two attached hydrogens (primary N) is 1. The Bertz CT molecular complexity index is 505. The van der Waals surface area contributed by atoms with Gasteiger partial charge in [0.05, 0.1) is 11.4 Å². The van der Waals surface area contributed by atoms with Crippen LogP contribution in [0.5, 0.6) is 0 Å². The number of hydrogen-bond acceptors (Lipinski definition) is 6. The second kappa shape index (κ2) is 7.64. The predicted molar refractivity (Wildman–Crippen MR) is 82.2 cm³/mol. The summed E-state index contributed by atoms with van der Waals surface area (Å²) in [6.07, 6.45) is -0.194. The van der Waals surface area contributed by atoms with E-state index in [0.717, 1.165) is 31.7 Å². The molecular weight excluding hydrogens is 284 g/mol. The summed E-state index contributed by atoms with van der Waals surface area (Å²) in [4.78, 5) is 17.6. The second-order valence-corrected chi connectivity index (χ2v) is 5.57. The first-order valence-corrected chi connectivity index (χ1v) is 7.60. The van der Waals surface area contributed by atoms with Crippen molar-refractivity contribution < 1.29 is 15.0 Å². The van der Waals surface area contributed by atoms with Crippen LogP contribution in [0, 0.1) is 0 Å². The number of nitrogens with one attached hydrogen (secondary N) is 1. The van der Waals surface area contributed by atoms with Crippen molar-refractivity contribution in [3.05, 3.63) is 29.6 Å². The predicted octanol–water partition coefficient (Wildman–Crippen LogP) is -0.289. The highest BCUT2D eigenvalue weighted by Crippen LogP contribution is 2.16. The second-order valence-electron chi connectivity index (χ2n) is 5.57. The van der Waals surface area contributed by atoms with Crippen molar-refractivity contribution in [1.82, 2.24) is 15.2 Å². The lowest BCUT2D eigenvalue weighted by Crippen LogP contribution is -2.37. The number of hydrogen-bond donors (Lipinski definition) is 4. The fraction of sp³-hybridized carbons (Fsp3) is 0.600. The zero-order valence-corrected chi connectivity index (χ0v) is 12.8. The summed E-state index contributed by atoms with van der Waals surface area (Å²) in [5.74, 6) is -1.24. The number of rotatable bonds is 7. The van der Waals surface area contributed by atoms with Crippen LogP contribution in [-0.4, -0.2) is 57.8 Å². The lowest BCUT2D eigenvalue weighted by atomic mass is 10.1. The van der Waals surface area contributed by atoms with Crippen LogP contribution in [0.3, 0.4) is 0 Å². The molecule has 1 saturated heterocycles. The zero-order chi connectivity index (χ0) is 16.1. The van der Waals surface area contributed by atoms with Gasteiger partial charge < -0.3 is 21.3 Å². The molecule has 1 aromatic heterocycles. The van der Waals surface area contributed by atoms with Gasteiger partial charge in [-0.3, -0.25) is 14.7 Å². The third kappa shape index (κ3) is 4.01. The molecular formula is C15H24N4O3. The number of nitrogens with zero attached hydrogens (tertiary/aromatic N) is 2. The molecule has 3 atom stereocenters. The maximum absolute atomic E-state index is 10.9. The summed E-state index contributed by atoms with van der Waals surface area (Å²) in [7, 11) is 0. The average Bonchev–Trinajstić information content (AvgIpc) is 3.05. The van der Waals surface area contributed by atoms with Crippen LogP contribution >= 0.6 is 0 Å². The van der Waals surface area contributed by atoms with E-state index in [4.69, 9.17) is 10.8 Å². The number of likely N-dealkylation sites (N-methyl/N-ethyl adjacent to an activating group) is 1. The van der Waals surface area contributed by atoms with E-state index in [1.807, 2.05) is 6.07 Å². The molecule has 5 N–H and O–H groups in total. The van der Waals surface area contributed by atoms with Gasteiger partial charge in [0.1, 0.15) is 12.1 Å². The number of pyridine rings is 1. The van der Waals surface area contributed by atoms with Gasteiger partial charge in [-0.15, -0.1) is 0 Å². The Morgan fingerprint density at radius 3 is 2.95 bits per heavy atom. The van der Waals surface area contributed by atoms with Gasteiger partial charge >= 0.3 is 5.97 Å². The maximum Gasteiger partial charge on any atom is 0.323 e. The van der Waals surface area contributed by atoms with E-state index in [9.17, 15) is 9.90 Å². The molecule has 0 spiro atoms. The zero-order valence-electron chi connectivity index (χ0n) is 12.8. The van der Waals surface area contributed by atoms with Gasteiger partial charge in [-0.05, 0) is 31.6 Å². The first-order valence-electron chi connectivity index (χ1n) is 7.60. The monoisotopic (exact) mass is 308 g/mol. The van der Waals surface area contributed by atoms with E-state index in [0.29, 0.717) is 18.3 Å². The van der Waals surface area contributed by atoms with E-state index in [-0.39, 0.29) is 0 Å². The number of carbonyl (C=O) groups is 1. The van der Waals surface area contributed by atoms with E-state index >= 15 is 0 Å². The Morgan fingerprint density at radius 2 is 2.36 bits per heavy atom. The van der Waals surface area contributed by atoms with Crippen LogP contribution < -0.4 is 11.1 Å². The van der Waals surface area contributed by atoms with Crippen molar-refractivity contribution in [1.29, 1.82) is 0 Å². The quantitative estimate of drug-likeness (QED) is 0.547. The Hall–Kier alpha value is -1.54. The molecule has 0 radical (unpaired) electrons. The van der Waals surface area contributed by atoms with Gasteiger partial charge in [0, 0.05) is 19.1 Å². The van der Waals surface area contributed by atoms with Crippen LogP contribution in [-0.2, 0) is 11.3 Å². The molecule has 0 saturated carbocycles. The molecule has 122 valence electrons. The van der Waals surface area contributed by atoms with Crippen LogP contribution in [0.15, 0.2) is 18.2 Å². The summed E-state index contributed by atoms with van der Waals surface area (Å²) in [6.45, 7) is 5.69. The molecule has 22 heavy (non-hydrogen) atoms. The SMILES string of the molecule is CCN(Cc1cccc(C(O)C(N)C(=O)O)n1)C1CCNC1. The third-order valence-electron chi connectivity index (χ3n) is 4.08. The number of carboxylic acids is 1. The normalized spacial score (nSPS) is 21.0. The largest absolute Gasteiger partial charge is 0.480 e. The summed E-state index contributed by atoms with van der Waals surface area (Å²) in [5, 5.41) is 22.2. The topological polar surface area (TPSA) is 112 Å². The van der Waals surface area contributed by atoms with Crippen LogP contribution in [0.25, 0.3) is 0 Å². The maximum atomic E-state index is 10.9. The molecule has 3 unspecified atom stereocenters. The van der Waals surface area contributed by atoms with E-state index in [1.54, 1.807) is 12.1 Å². The van der Waals surface area contributed by atoms with Gasteiger partial charge in [0.2, 0.25) is 0 Å². The fourth-order valence-corrected chi connectivity index (χ4v) is 2.73. The number of aliphatic hydroxyl groups excluding tert-OH is 1. The summed E-state index contributed by atoms with van der Waals surface area (Å²) < 4.78 is 0. The molecule has 7 nitrogen and oxygen atoms in total. The molecule has 2 heterocycles. The molecule has 1 aromatic rings. The molecule has 0 amide bonds. The number of carboxylic acid groups (broad SMARTS) is 1. The van der Waals surface area contributed by atoms with Crippen LogP contribution in [0.1, 0.15) is 30.8 Å². The lowest BCUT2D eigenvalue weighted by molar-refractivity contribution is -0.141. The number of aromatic nitrogens is 1. The Kier molecular flexibility index (Phi) is 5.84. The smallest absolute Gasteiger partial charge is 0.323 e. The highest BCUT2D eigenvalue weighted by Gasteiger charge is 2.25. The molecule has 1 aliphatic heterocycles. The molecule has 1 aliphatic rings. The molecule has 0 aromatic carbocycles. The minimum atomic E-state index is -1.37. The molecule has 2 rings (SSSR count). The Labute approximate surface area is 130 Å². The van der Waals surface area contributed by atoms with Gasteiger partial charge in [0.15, 0.2) is 0 Å². The molecule has 1 fully saturated rings. The fourth-order valence-electron chi connectivity index (χ4n) is 2.73.